The minimum Gasteiger partial charge on any atom is -0.491 e. The molecule has 0 aromatic heterocycles. The maximum Gasteiger partial charge on any atom is 0.338 e. The van der Waals surface area contributed by atoms with Crippen LogP contribution in [0.25, 0.3) is 0 Å². The van der Waals surface area contributed by atoms with Crippen molar-refractivity contribution in [2.24, 2.45) is 0 Å². The number of ether oxygens (including phenoxy) is 2. The van der Waals surface area contributed by atoms with Gasteiger partial charge in [0.1, 0.15) is 17.4 Å². The van der Waals surface area contributed by atoms with E-state index in [2.05, 4.69) is 5.32 Å². The van der Waals surface area contributed by atoms with Crippen molar-refractivity contribution in [3.63, 3.8) is 0 Å². The second-order valence-electron chi connectivity index (χ2n) is 6.22. The van der Waals surface area contributed by atoms with Gasteiger partial charge in [0.15, 0.2) is 6.61 Å². The molecular weight excluding hydrogens is 356 g/mol. The Labute approximate surface area is 156 Å². The van der Waals surface area contributed by atoms with Crippen LogP contribution in [0.2, 0.25) is 0 Å². The molecule has 1 amide bonds. The fourth-order valence-corrected chi connectivity index (χ4v) is 2.37. The molecule has 0 saturated heterocycles. The minimum absolute atomic E-state index is 0.0134. The molecule has 0 aliphatic heterocycles. The van der Waals surface area contributed by atoms with E-state index in [1.54, 1.807) is 19.1 Å². The van der Waals surface area contributed by atoms with Crippen molar-refractivity contribution in [3.8, 4) is 5.75 Å². The van der Waals surface area contributed by atoms with E-state index in [9.17, 15) is 18.4 Å². The van der Waals surface area contributed by atoms with Crippen LogP contribution in [-0.2, 0) is 9.53 Å². The lowest BCUT2D eigenvalue weighted by molar-refractivity contribution is -0.124. The highest BCUT2D eigenvalue weighted by molar-refractivity contribution is 5.91. The van der Waals surface area contributed by atoms with Crippen molar-refractivity contribution < 1.29 is 27.8 Å². The third-order valence-corrected chi connectivity index (χ3v) is 3.60. The van der Waals surface area contributed by atoms with Crippen LogP contribution in [0, 0.1) is 11.6 Å². The van der Waals surface area contributed by atoms with Crippen molar-refractivity contribution in [2.75, 3.05) is 6.61 Å². The lowest BCUT2D eigenvalue weighted by atomic mass is 10.1. The SMILES string of the molecule is CC(C)Oc1ccc(C(=O)OCC(=O)N[C@H](C)c2ccc(F)cc2F)cc1. The third kappa shape index (κ3) is 6.06. The van der Waals surface area contributed by atoms with Crippen molar-refractivity contribution in [1.82, 2.24) is 5.32 Å². The molecule has 27 heavy (non-hydrogen) atoms. The number of amides is 1. The molecule has 7 heteroatoms. The number of carbonyl (C=O) groups is 2. The molecular formula is C20H21F2NO4. The van der Waals surface area contributed by atoms with Gasteiger partial charge in [-0.15, -0.1) is 0 Å². The summed E-state index contributed by atoms with van der Waals surface area (Å²) in [7, 11) is 0. The van der Waals surface area contributed by atoms with Gasteiger partial charge in [-0.3, -0.25) is 4.79 Å². The number of benzene rings is 2. The van der Waals surface area contributed by atoms with Crippen molar-refractivity contribution >= 4 is 11.9 Å². The summed E-state index contributed by atoms with van der Waals surface area (Å²) in [6.07, 6.45) is 0.0134. The Morgan fingerprint density at radius 1 is 1.04 bits per heavy atom. The van der Waals surface area contributed by atoms with E-state index < -0.39 is 36.2 Å². The molecule has 0 aliphatic carbocycles. The highest BCUT2D eigenvalue weighted by atomic mass is 19.1. The van der Waals surface area contributed by atoms with Gasteiger partial charge in [0, 0.05) is 11.6 Å². The van der Waals surface area contributed by atoms with Crippen molar-refractivity contribution in [3.05, 3.63) is 65.2 Å². The van der Waals surface area contributed by atoms with Crippen LogP contribution in [-0.4, -0.2) is 24.6 Å². The molecule has 2 aromatic rings. The number of rotatable bonds is 7. The number of carbonyl (C=O) groups excluding carboxylic acids is 2. The lowest BCUT2D eigenvalue weighted by Crippen LogP contribution is -2.31. The first-order valence-electron chi connectivity index (χ1n) is 8.44. The van der Waals surface area contributed by atoms with Gasteiger partial charge in [-0.1, -0.05) is 6.07 Å². The minimum atomic E-state index is -0.761. The van der Waals surface area contributed by atoms with Gasteiger partial charge in [0.2, 0.25) is 0 Å². The number of esters is 1. The van der Waals surface area contributed by atoms with Crippen LogP contribution in [0.4, 0.5) is 8.78 Å². The molecule has 0 heterocycles. The first-order valence-corrected chi connectivity index (χ1v) is 8.44. The van der Waals surface area contributed by atoms with Crippen LogP contribution in [0.15, 0.2) is 42.5 Å². The first-order chi connectivity index (χ1) is 12.8. The molecule has 0 spiro atoms. The fraction of sp³-hybridized carbons (Fsp3) is 0.300. The van der Waals surface area contributed by atoms with Crippen LogP contribution >= 0.6 is 0 Å². The molecule has 0 bridgehead atoms. The van der Waals surface area contributed by atoms with E-state index >= 15 is 0 Å². The molecule has 1 atom stereocenters. The highest BCUT2D eigenvalue weighted by Crippen LogP contribution is 2.18. The molecule has 144 valence electrons. The predicted molar refractivity (Wildman–Crippen MR) is 95.4 cm³/mol. The van der Waals surface area contributed by atoms with E-state index in [-0.39, 0.29) is 17.2 Å². The van der Waals surface area contributed by atoms with Crippen LogP contribution in [0.5, 0.6) is 5.75 Å². The summed E-state index contributed by atoms with van der Waals surface area (Å²) < 4.78 is 37.1. The van der Waals surface area contributed by atoms with Crippen LogP contribution in [0.3, 0.4) is 0 Å². The molecule has 5 nitrogen and oxygen atoms in total. The second-order valence-corrected chi connectivity index (χ2v) is 6.22. The summed E-state index contributed by atoms with van der Waals surface area (Å²) >= 11 is 0. The lowest BCUT2D eigenvalue weighted by Gasteiger charge is -2.15. The Morgan fingerprint density at radius 2 is 1.70 bits per heavy atom. The highest BCUT2D eigenvalue weighted by Gasteiger charge is 2.16. The fourth-order valence-electron chi connectivity index (χ4n) is 2.37. The van der Waals surface area contributed by atoms with E-state index in [0.717, 1.165) is 12.1 Å². The molecule has 0 saturated carbocycles. The molecule has 2 aromatic carbocycles. The summed E-state index contributed by atoms with van der Waals surface area (Å²) in [6, 6.07) is 8.74. The number of nitrogens with one attached hydrogen (secondary N) is 1. The van der Waals surface area contributed by atoms with Crippen molar-refractivity contribution in [1.29, 1.82) is 0 Å². The summed E-state index contributed by atoms with van der Waals surface area (Å²) in [4.78, 5) is 23.9. The Bertz CT molecular complexity index is 806. The number of hydrogen-bond donors (Lipinski definition) is 1. The van der Waals surface area contributed by atoms with E-state index in [1.165, 1.54) is 18.2 Å². The van der Waals surface area contributed by atoms with Gasteiger partial charge in [0.25, 0.3) is 5.91 Å². The van der Waals surface area contributed by atoms with E-state index in [0.29, 0.717) is 5.75 Å². The van der Waals surface area contributed by atoms with Crippen LogP contribution in [0.1, 0.15) is 42.7 Å². The smallest absolute Gasteiger partial charge is 0.338 e. The molecule has 2 rings (SSSR count). The summed E-state index contributed by atoms with van der Waals surface area (Å²) in [5, 5.41) is 2.50. The Balaban J connectivity index is 1.86. The van der Waals surface area contributed by atoms with E-state index in [1.807, 2.05) is 13.8 Å². The van der Waals surface area contributed by atoms with Gasteiger partial charge < -0.3 is 14.8 Å². The zero-order chi connectivity index (χ0) is 20.0. The zero-order valence-corrected chi connectivity index (χ0v) is 15.3. The molecule has 0 fully saturated rings. The Kier molecular flexibility index (Phi) is 6.87. The second kappa shape index (κ2) is 9.12. The molecule has 0 radical (unpaired) electrons. The molecule has 0 aliphatic rings. The topological polar surface area (TPSA) is 64.6 Å². The van der Waals surface area contributed by atoms with Crippen molar-refractivity contribution in [2.45, 2.75) is 32.9 Å². The van der Waals surface area contributed by atoms with Gasteiger partial charge in [-0.2, -0.15) is 0 Å². The number of halogens is 2. The predicted octanol–water partition coefficient (Wildman–Crippen LogP) is 3.79. The third-order valence-electron chi connectivity index (χ3n) is 3.60. The largest absolute Gasteiger partial charge is 0.491 e. The van der Waals surface area contributed by atoms with Gasteiger partial charge in [-0.25, -0.2) is 13.6 Å². The standard InChI is InChI=1S/C20H21F2NO4/c1-12(2)27-16-7-4-14(5-8-16)20(25)26-11-19(24)23-13(3)17-9-6-15(21)10-18(17)22/h4-10,12-13H,11H2,1-3H3,(H,23,24)/t13-/m1/s1. The first kappa shape index (κ1) is 20.4. The monoisotopic (exact) mass is 377 g/mol. The van der Waals surface area contributed by atoms with Gasteiger partial charge in [0.05, 0.1) is 17.7 Å². The van der Waals surface area contributed by atoms with Gasteiger partial charge >= 0.3 is 5.97 Å². The zero-order valence-electron chi connectivity index (χ0n) is 15.3. The molecule has 1 N–H and O–H groups in total. The summed E-state index contributed by atoms with van der Waals surface area (Å²) in [6.45, 7) is 4.80. The Morgan fingerprint density at radius 3 is 2.30 bits per heavy atom. The van der Waals surface area contributed by atoms with Crippen LogP contribution < -0.4 is 10.1 Å². The summed E-state index contributed by atoms with van der Waals surface area (Å²) in [5.74, 6) is -2.10. The number of hydrogen-bond acceptors (Lipinski definition) is 4. The van der Waals surface area contributed by atoms with E-state index in [4.69, 9.17) is 9.47 Å². The molecule has 0 unspecified atom stereocenters. The quantitative estimate of drug-likeness (QED) is 0.746. The average molecular weight is 377 g/mol. The summed E-state index contributed by atoms with van der Waals surface area (Å²) in [5.41, 5.74) is 0.411. The Hall–Kier alpha value is -2.96. The average Bonchev–Trinajstić information content (AvgIpc) is 2.59. The van der Waals surface area contributed by atoms with Gasteiger partial charge in [-0.05, 0) is 51.1 Å². The maximum atomic E-state index is 13.7. The normalized spacial score (nSPS) is 11.8. The maximum absolute atomic E-state index is 13.7.